The minimum absolute atomic E-state index is 0.583. The van der Waals surface area contributed by atoms with Crippen LogP contribution in [0.5, 0.6) is 0 Å². The number of benzene rings is 2. The zero-order chi connectivity index (χ0) is 17.6. The van der Waals surface area contributed by atoms with Crippen LogP contribution in [0.15, 0.2) is 63.7 Å². The first kappa shape index (κ1) is 17.8. The maximum Gasteiger partial charge on any atom is 0.407 e. The van der Waals surface area contributed by atoms with Crippen LogP contribution in [-0.2, 0) is 6.42 Å². The van der Waals surface area contributed by atoms with E-state index in [9.17, 15) is 4.79 Å². The second-order valence-electron chi connectivity index (χ2n) is 5.97. The van der Waals surface area contributed by atoms with Crippen LogP contribution in [0.4, 0.5) is 4.79 Å². The van der Waals surface area contributed by atoms with Gasteiger partial charge in [-0.05, 0) is 37.0 Å². The lowest BCUT2D eigenvalue weighted by molar-refractivity contribution is 0.155. The van der Waals surface area contributed by atoms with Gasteiger partial charge in [-0.25, -0.2) is 4.79 Å². The minimum Gasteiger partial charge on any atom is -0.465 e. The Morgan fingerprint density at radius 2 is 1.84 bits per heavy atom. The largest absolute Gasteiger partial charge is 0.465 e. The van der Waals surface area contributed by atoms with Gasteiger partial charge in [-0.2, -0.15) is 0 Å². The first-order chi connectivity index (χ1) is 12.1. The minimum atomic E-state index is -0.861. The van der Waals surface area contributed by atoms with Gasteiger partial charge in [0.1, 0.15) is 0 Å². The zero-order valence-electron chi connectivity index (χ0n) is 14.1. The molecule has 0 bridgehead atoms. The van der Waals surface area contributed by atoms with Crippen LogP contribution < -0.4 is 0 Å². The third-order valence-electron chi connectivity index (χ3n) is 4.15. The van der Waals surface area contributed by atoms with Gasteiger partial charge < -0.3 is 10.0 Å². The molecule has 3 aromatic rings. The van der Waals surface area contributed by atoms with Crippen LogP contribution in [0, 0.1) is 0 Å². The van der Waals surface area contributed by atoms with Crippen LogP contribution >= 0.6 is 23.1 Å². The van der Waals surface area contributed by atoms with Crippen molar-refractivity contribution in [3.8, 4) is 0 Å². The monoisotopic (exact) mass is 371 g/mol. The highest BCUT2D eigenvalue weighted by molar-refractivity contribution is 7.99. The van der Waals surface area contributed by atoms with Gasteiger partial charge in [0, 0.05) is 38.8 Å². The predicted molar refractivity (Wildman–Crippen MR) is 106 cm³/mol. The zero-order valence-corrected chi connectivity index (χ0v) is 15.8. The number of fused-ring (bicyclic) bond motifs is 1. The molecule has 2 aromatic carbocycles. The van der Waals surface area contributed by atoms with E-state index in [2.05, 4.69) is 53.9 Å². The van der Waals surface area contributed by atoms with E-state index in [1.165, 1.54) is 30.3 Å². The molecule has 1 amide bonds. The first-order valence-corrected chi connectivity index (χ1v) is 10.0. The van der Waals surface area contributed by atoms with Gasteiger partial charge in [0.15, 0.2) is 0 Å². The molecule has 3 nitrogen and oxygen atoms in total. The van der Waals surface area contributed by atoms with Crippen LogP contribution in [0.2, 0.25) is 0 Å². The molecule has 0 radical (unpaired) electrons. The molecule has 1 aromatic heterocycles. The number of amides is 1. The number of nitrogens with zero attached hydrogens (tertiary/aromatic N) is 1. The normalized spacial score (nSPS) is 10.9. The number of unbranched alkanes of at least 4 members (excludes halogenated alkanes) is 1. The molecule has 0 fully saturated rings. The second kappa shape index (κ2) is 8.41. The summed E-state index contributed by atoms with van der Waals surface area (Å²) in [6.07, 6.45) is 1.97. The lowest BCUT2D eigenvalue weighted by Gasteiger charge is -2.13. The van der Waals surface area contributed by atoms with Gasteiger partial charge in [0.2, 0.25) is 0 Å². The number of carbonyl (C=O) groups is 1. The van der Waals surface area contributed by atoms with Crippen molar-refractivity contribution in [3.05, 3.63) is 59.5 Å². The Morgan fingerprint density at radius 3 is 2.68 bits per heavy atom. The van der Waals surface area contributed by atoms with Crippen molar-refractivity contribution in [2.45, 2.75) is 29.1 Å². The Kier molecular flexibility index (Phi) is 6.00. The molecule has 25 heavy (non-hydrogen) atoms. The smallest absolute Gasteiger partial charge is 0.407 e. The van der Waals surface area contributed by atoms with Gasteiger partial charge in [-0.1, -0.05) is 48.2 Å². The number of aryl methyl sites for hydroxylation is 1. The second-order valence-corrected chi connectivity index (χ2v) is 7.96. The van der Waals surface area contributed by atoms with Crippen LogP contribution in [0.1, 0.15) is 18.4 Å². The van der Waals surface area contributed by atoms with E-state index in [1.807, 2.05) is 11.8 Å². The Bertz CT molecular complexity index is 860. The Balaban J connectivity index is 1.66. The quantitative estimate of drug-likeness (QED) is 0.519. The van der Waals surface area contributed by atoms with Gasteiger partial charge in [0.25, 0.3) is 0 Å². The van der Waals surface area contributed by atoms with E-state index in [1.54, 1.807) is 18.4 Å². The van der Waals surface area contributed by atoms with Crippen LogP contribution in [-0.4, -0.2) is 29.7 Å². The molecule has 0 saturated carbocycles. The molecule has 0 saturated heterocycles. The van der Waals surface area contributed by atoms with Crippen molar-refractivity contribution in [3.63, 3.8) is 0 Å². The summed E-state index contributed by atoms with van der Waals surface area (Å²) in [6.45, 7) is 0.583. The average Bonchev–Trinajstić information content (AvgIpc) is 3.03. The summed E-state index contributed by atoms with van der Waals surface area (Å²) in [6, 6.07) is 17.0. The Labute approximate surface area is 156 Å². The van der Waals surface area contributed by atoms with Crippen LogP contribution in [0.3, 0.4) is 0 Å². The van der Waals surface area contributed by atoms with Crippen molar-refractivity contribution in [1.29, 1.82) is 0 Å². The molecule has 0 unspecified atom stereocenters. The van der Waals surface area contributed by atoms with Crippen molar-refractivity contribution >= 4 is 39.3 Å². The lowest BCUT2D eigenvalue weighted by atomic mass is 10.1. The maximum absolute atomic E-state index is 10.8. The number of hydrogen-bond acceptors (Lipinski definition) is 3. The molecular weight excluding hydrogens is 350 g/mol. The van der Waals surface area contributed by atoms with Crippen molar-refractivity contribution in [2.24, 2.45) is 0 Å². The summed E-state index contributed by atoms with van der Waals surface area (Å²) >= 11 is 3.61. The average molecular weight is 372 g/mol. The topological polar surface area (TPSA) is 40.5 Å². The van der Waals surface area contributed by atoms with Gasteiger partial charge in [-0.15, -0.1) is 11.3 Å². The summed E-state index contributed by atoms with van der Waals surface area (Å²) in [5, 5.41) is 12.4. The van der Waals surface area contributed by atoms with Crippen molar-refractivity contribution < 1.29 is 9.90 Å². The Hall–Kier alpha value is -1.98. The fourth-order valence-electron chi connectivity index (χ4n) is 2.72. The lowest BCUT2D eigenvalue weighted by Crippen LogP contribution is -2.25. The predicted octanol–water partition coefficient (Wildman–Crippen LogP) is 5.99. The molecule has 0 aliphatic heterocycles. The summed E-state index contributed by atoms with van der Waals surface area (Å²) < 4.78 is 1.32. The van der Waals surface area contributed by atoms with E-state index in [0.29, 0.717) is 6.54 Å². The molecule has 0 spiro atoms. The molecule has 0 aliphatic carbocycles. The molecule has 0 atom stereocenters. The third kappa shape index (κ3) is 4.55. The van der Waals surface area contributed by atoms with Gasteiger partial charge in [-0.3, -0.25) is 0 Å². The van der Waals surface area contributed by atoms with Crippen molar-refractivity contribution in [2.75, 3.05) is 13.6 Å². The highest BCUT2D eigenvalue weighted by Gasteiger charge is 2.09. The van der Waals surface area contributed by atoms with E-state index < -0.39 is 6.09 Å². The first-order valence-electron chi connectivity index (χ1n) is 8.31. The maximum atomic E-state index is 10.8. The van der Waals surface area contributed by atoms with E-state index in [4.69, 9.17) is 5.11 Å². The molecule has 1 heterocycles. The highest BCUT2D eigenvalue weighted by Crippen LogP contribution is 2.38. The van der Waals surface area contributed by atoms with Crippen LogP contribution in [0.25, 0.3) is 10.1 Å². The molecule has 0 aliphatic rings. The molecular formula is C20H21NO2S2. The fraction of sp³-hybridized carbons (Fsp3) is 0.250. The number of hydrogen-bond donors (Lipinski definition) is 1. The van der Waals surface area contributed by atoms with Gasteiger partial charge >= 0.3 is 6.09 Å². The van der Waals surface area contributed by atoms with E-state index >= 15 is 0 Å². The summed E-state index contributed by atoms with van der Waals surface area (Å²) in [4.78, 5) is 14.8. The molecule has 1 N–H and O–H groups in total. The molecule has 130 valence electrons. The van der Waals surface area contributed by atoms with Crippen molar-refractivity contribution in [1.82, 2.24) is 4.90 Å². The summed E-state index contributed by atoms with van der Waals surface area (Å²) in [5.41, 5.74) is 1.33. The highest BCUT2D eigenvalue weighted by atomic mass is 32.2. The Morgan fingerprint density at radius 1 is 1.08 bits per heavy atom. The van der Waals surface area contributed by atoms with E-state index in [0.717, 1.165) is 19.3 Å². The fourth-order valence-corrected chi connectivity index (χ4v) is 4.92. The summed E-state index contributed by atoms with van der Waals surface area (Å²) in [7, 11) is 1.62. The standard InChI is InChI=1S/C20H21NO2S2/c1-21(20(22)23)13-7-6-9-15-8-2-4-11-17(15)25-19-14-24-18-12-5-3-10-16(18)19/h2-5,8,10-12,14H,6-7,9,13H2,1H3,(H,22,23). The number of thiophene rings is 1. The van der Waals surface area contributed by atoms with E-state index in [-0.39, 0.29) is 0 Å². The number of rotatable bonds is 7. The summed E-state index contributed by atoms with van der Waals surface area (Å²) in [5.74, 6) is 0. The third-order valence-corrected chi connectivity index (χ3v) is 6.44. The van der Waals surface area contributed by atoms with Gasteiger partial charge in [0.05, 0.1) is 0 Å². The SMILES string of the molecule is CN(CCCCc1ccccc1Sc1csc2ccccc12)C(=O)O. The number of carboxylic acid groups (broad SMARTS) is 1. The molecule has 3 rings (SSSR count). The molecule has 5 heteroatoms.